The van der Waals surface area contributed by atoms with Gasteiger partial charge in [-0.05, 0) is 73.6 Å². The molecule has 6 nitrogen and oxygen atoms in total. The van der Waals surface area contributed by atoms with Gasteiger partial charge in [0.25, 0.3) is 5.56 Å². The molecule has 2 aliphatic rings. The van der Waals surface area contributed by atoms with Gasteiger partial charge in [0.1, 0.15) is 5.02 Å². The van der Waals surface area contributed by atoms with Gasteiger partial charge in [-0.3, -0.25) is 4.79 Å². The van der Waals surface area contributed by atoms with Crippen molar-refractivity contribution in [2.45, 2.75) is 39.0 Å². The minimum Gasteiger partial charge on any atom is -0.387 e. The predicted molar refractivity (Wildman–Crippen MR) is 122 cm³/mol. The van der Waals surface area contributed by atoms with Gasteiger partial charge in [0, 0.05) is 37.6 Å². The summed E-state index contributed by atoms with van der Waals surface area (Å²) in [6.45, 7) is 5.60. The molecule has 1 saturated heterocycles. The molecule has 4 rings (SSSR count). The lowest BCUT2D eigenvalue weighted by atomic mass is 9.56. The third kappa shape index (κ3) is 4.03. The van der Waals surface area contributed by atoms with Gasteiger partial charge >= 0.3 is 0 Å². The summed E-state index contributed by atoms with van der Waals surface area (Å²) in [7, 11) is 1.93. The highest BCUT2D eigenvalue weighted by Crippen LogP contribution is 2.53. The van der Waals surface area contributed by atoms with E-state index in [9.17, 15) is 4.79 Å². The number of nitrogens with zero attached hydrogens (tertiary/aromatic N) is 2. The molecule has 0 unspecified atom stereocenters. The van der Waals surface area contributed by atoms with Crippen molar-refractivity contribution in [3.05, 3.63) is 56.0 Å². The van der Waals surface area contributed by atoms with Crippen LogP contribution in [0.3, 0.4) is 0 Å². The Morgan fingerprint density at radius 2 is 2.13 bits per heavy atom. The van der Waals surface area contributed by atoms with Crippen molar-refractivity contribution in [1.29, 1.82) is 5.41 Å². The van der Waals surface area contributed by atoms with Crippen LogP contribution in [-0.2, 0) is 12.8 Å². The molecule has 1 aliphatic carbocycles. The van der Waals surface area contributed by atoms with E-state index in [-0.39, 0.29) is 10.6 Å². The molecule has 2 heterocycles. The first kappa shape index (κ1) is 21.1. The molecule has 1 spiro atoms. The Bertz CT molecular complexity index is 988. The molecule has 0 atom stereocenters. The summed E-state index contributed by atoms with van der Waals surface area (Å²) in [4.78, 5) is 14.0. The molecule has 2 aromatic rings. The Hall–Kier alpha value is -2.18. The number of rotatable bonds is 8. The van der Waals surface area contributed by atoms with Crippen molar-refractivity contribution < 1.29 is 0 Å². The van der Waals surface area contributed by atoms with Crippen LogP contribution in [0.2, 0.25) is 5.02 Å². The lowest BCUT2D eigenvalue weighted by molar-refractivity contribution is -0.0937. The molecule has 2 fully saturated rings. The van der Waals surface area contributed by atoms with Gasteiger partial charge in [0.05, 0.1) is 6.20 Å². The summed E-state index contributed by atoms with van der Waals surface area (Å²) < 4.78 is 0. The molecule has 7 heteroatoms. The topological polar surface area (TPSA) is 84.9 Å². The van der Waals surface area contributed by atoms with Crippen LogP contribution in [0, 0.1) is 23.7 Å². The quantitative estimate of drug-likeness (QED) is 0.561. The maximum atomic E-state index is 11.5. The van der Waals surface area contributed by atoms with Crippen LogP contribution < -0.4 is 10.9 Å². The lowest BCUT2D eigenvalue weighted by Gasteiger charge is -2.59. The second-order valence-corrected chi connectivity index (χ2v) is 9.42. The number of aromatic amines is 1. The number of nitrogens with one attached hydrogen (secondary N) is 3. The largest absolute Gasteiger partial charge is 0.387 e. The van der Waals surface area contributed by atoms with Crippen LogP contribution in [-0.4, -0.2) is 48.0 Å². The minimum absolute atomic E-state index is 0.275. The van der Waals surface area contributed by atoms with Gasteiger partial charge in [-0.25, -0.2) is 5.10 Å². The van der Waals surface area contributed by atoms with Gasteiger partial charge < -0.3 is 15.6 Å². The maximum absolute atomic E-state index is 11.5. The van der Waals surface area contributed by atoms with Crippen molar-refractivity contribution in [2.75, 3.05) is 32.0 Å². The summed E-state index contributed by atoms with van der Waals surface area (Å²) >= 11 is 6.05. The van der Waals surface area contributed by atoms with E-state index in [1.807, 2.05) is 7.05 Å². The first-order valence-corrected chi connectivity index (χ1v) is 11.1. The molecule has 0 amide bonds. The van der Waals surface area contributed by atoms with Gasteiger partial charge in [-0.1, -0.05) is 23.7 Å². The summed E-state index contributed by atoms with van der Waals surface area (Å²) in [5.41, 5.74) is 5.79. The van der Waals surface area contributed by atoms with Crippen LogP contribution in [0.15, 0.2) is 23.1 Å². The van der Waals surface area contributed by atoms with Gasteiger partial charge in [0.15, 0.2) is 0 Å². The number of hydrogen-bond acceptors (Lipinski definition) is 5. The van der Waals surface area contributed by atoms with E-state index >= 15 is 0 Å². The summed E-state index contributed by atoms with van der Waals surface area (Å²) in [6.07, 6.45) is 8.63. The van der Waals surface area contributed by atoms with Crippen LogP contribution in [0.1, 0.15) is 41.5 Å². The van der Waals surface area contributed by atoms with E-state index in [0.29, 0.717) is 5.41 Å². The van der Waals surface area contributed by atoms with Crippen molar-refractivity contribution in [3.63, 3.8) is 0 Å². The first-order valence-electron chi connectivity index (χ1n) is 10.7. The van der Waals surface area contributed by atoms with E-state index in [1.54, 1.807) is 6.20 Å². The number of aromatic nitrogens is 2. The highest BCUT2D eigenvalue weighted by atomic mass is 35.5. The zero-order valence-electron chi connectivity index (χ0n) is 17.7. The molecule has 3 N–H and O–H groups in total. The molecule has 1 saturated carbocycles. The lowest BCUT2D eigenvalue weighted by Crippen LogP contribution is -2.62. The number of halogens is 1. The van der Waals surface area contributed by atoms with Crippen molar-refractivity contribution >= 4 is 23.5 Å². The van der Waals surface area contributed by atoms with E-state index in [2.05, 4.69) is 39.5 Å². The SMILES string of the molecule is CNc1c(C=N)ccc(CC2CC3(C2)CN(CCCc2cn[nH]c(=O)c2Cl)C3)c1C. The van der Waals surface area contributed by atoms with Gasteiger partial charge in [-0.2, -0.15) is 5.10 Å². The average Bonchev–Trinajstić information content (AvgIpc) is 2.68. The molecular weight excluding hydrogens is 398 g/mol. The van der Waals surface area contributed by atoms with E-state index in [4.69, 9.17) is 17.0 Å². The normalized spacial score (nSPS) is 18.1. The molecule has 30 heavy (non-hydrogen) atoms. The van der Waals surface area contributed by atoms with E-state index < -0.39 is 0 Å². The number of benzene rings is 1. The standard InChI is InChI=1S/C23H30ClN5O/c1-15-17(5-6-18(11-25)21(15)26-2)8-16-9-23(10-16)13-29(14-23)7-3-4-19-12-27-28-22(30)20(19)24/h5-6,11-12,16,25-26H,3-4,7-10,13-14H2,1-2H3,(H,28,30). The van der Waals surface area contributed by atoms with Crippen molar-refractivity contribution in [3.8, 4) is 0 Å². The van der Waals surface area contributed by atoms with Crippen LogP contribution in [0.25, 0.3) is 0 Å². The molecular formula is C23H30ClN5O. The van der Waals surface area contributed by atoms with Crippen LogP contribution in [0.5, 0.6) is 0 Å². The minimum atomic E-state index is -0.304. The van der Waals surface area contributed by atoms with Crippen molar-refractivity contribution in [2.24, 2.45) is 11.3 Å². The molecule has 160 valence electrons. The zero-order chi connectivity index (χ0) is 21.3. The fourth-order valence-corrected chi connectivity index (χ4v) is 5.66. The summed E-state index contributed by atoms with van der Waals surface area (Å²) in [5, 5.41) is 17.3. The number of hydrogen-bond donors (Lipinski definition) is 3. The number of aryl methyl sites for hydroxylation is 1. The van der Waals surface area contributed by atoms with E-state index in [1.165, 1.54) is 43.3 Å². The molecule has 0 radical (unpaired) electrons. The average molecular weight is 428 g/mol. The predicted octanol–water partition coefficient (Wildman–Crippen LogP) is 3.66. The Morgan fingerprint density at radius 3 is 2.83 bits per heavy atom. The zero-order valence-corrected chi connectivity index (χ0v) is 18.5. The van der Waals surface area contributed by atoms with Crippen LogP contribution >= 0.6 is 11.6 Å². The van der Waals surface area contributed by atoms with Gasteiger partial charge in [-0.15, -0.1) is 0 Å². The number of H-pyrrole nitrogens is 1. The highest BCUT2D eigenvalue weighted by molar-refractivity contribution is 6.31. The first-order chi connectivity index (χ1) is 14.4. The Labute approximate surface area is 182 Å². The Morgan fingerprint density at radius 1 is 1.37 bits per heavy atom. The monoisotopic (exact) mass is 427 g/mol. The van der Waals surface area contributed by atoms with E-state index in [0.717, 1.165) is 48.5 Å². The number of likely N-dealkylation sites (tertiary alicyclic amines) is 1. The molecule has 1 aliphatic heterocycles. The second-order valence-electron chi connectivity index (χ2n) is 9.04. The third-order valence-electron chi connectivity index (χ3n) is 6.87. The third-order valence-corrected chi connectivity index (χ3v) is 7.29. The summed E-state index contributed by atoms with van der Waals surface area (Å²) in [5.74, 6) is 0.766. The number of anilines is 1. The molecule has 1 aromatic carbocycles. The van der Waals surface area contributed by atoms with Gasteiger partial charge in [0.2, 0.25) is 0 Å². The van der Waals surface area contributed by atoms with Crippen LogP contribution in [0.4, 0.5) is 5.69 Å². The Balaban J connectivity index is 1.22. The molecule has 1 aromatic heterocycles. The smallest absolute Gasteiger partial charge is 0.283 e. The van der Waals surface area contributed by atoms with Crippen molar-refractivity contribution in [1.82, 2.24) is 15.1 Å². The fraction of sp³-hybridized carbons (Fsp3) is 0.522. The maximum Gasteiger partial charge on any atom is 0.283 e. The Kier molecular flexibility index (Phi) is 5.98. The second kappa shape index (κ2) is 8.52. The fourth-order valence-electron chi connectivity index (χ4n) is 5.48. The summed E-state index contributed by atoms with van der Waals surface area (Å²) in [6, 6.07) is 4.26. The highest BCUT2D eigenvalue weighted by Gasteiger charge is 2.51. The molecule has 0 bridgehead atoms.